The van der Waals surface area contributed by atoms with Crippen molar-refractivity contribution in [1.82, 2.24) is 19.8 Å². The molecule has 0 saturated carbocycles. The molecule has 1 aromatic carbocycles. The molecule has 0 aliphatic carbocycles. The van der Waals surface area contributed by atoms with E-state index in [0.29, 0.717) is 18.4 Å². The van der Waals surface area contributed by atoms with Crippen LogP contribution in [-0.4, -0.2) is 43.1 Å². The van der Waals surface area contributed by atoms with E-state index in [4.69, 9.17) is 0 Å². The van der Waals surface area contributed by atoms with Crippen LogP contribution in [0.1, 0.15) is 49.6 Å². The molecule has 1 atom stereocenters. The van der Waals surface area contributed by atoms with Gasteiger partial charge in [-0.05, 0) is 42.9 Å². The third-order valence-corrected chi connectivity index (χ3v) is 6.35. The van der Waals surface area contributed by atoms with Gasteiger partial charge in [-0.25, -0.2) is 13.1 Å². The van der Waals surface area contributed by atoms with E-state index in [9.17, 15) is 8.42 Å². The summed E-state index contributed by atoms with van der Waals surface area (Å²) in [6.07, 6.45) is 2.15. The second-order valence-corrected chi connectivity index (χ2v) is 9.62. The molecule has 1 aliphatic rings. The summed E-state index contributed by atoms with van der Waals surface area (Å²) in [5.41, 5.74) is 3.03. The summed E-state index contributed by atoms with van der Waals surface area (Å²) in [6, 6.07) is 11.4. The van der Waals surface area contributed by atoms with Crippen LogP contribution in [0.4, 0.5) is 0 Å². The lowest BCUT2D eigenvalue weighted by Gasteiger charge is -2.32. The minimum atomic E-state index is -3.30. The number of H-pyrrole nitrogens is 1. The molecular weight excluding hydrogens is 360 g/mol. The summed E-state index contributed by atoms with van der Waals surface area (Å²) in [6.45, 7) is 7.57. The van der Waals surface area contributed by atoms with E-state index in [1.807, 2.05) is 30.3 Å². The number of nitrogens with zero attached hydrogens (tertiary/aromatic N) is 2. The van der Waals surface area contributed by atoms with Crippen molar-refractivity contribution >= 4 is 10.0 Å². The molecule has 1 aliphatic heterocycles. The minimum Gasteiger partial charge on any atom is -0.297 e. The van der Waals surface area contributed by atoms with Crippen LogP contribution < -0.4 is 4.72 Å². The Balaban J connectivity index is 1.49. The van der Waals surface area contributed by atoms with Crippen LogP contribution in [0, 0.1) is 5.92 Å². The van der Waals surface area contributed by atoms with Crippen LogP contribution in [0.2, 0.25) is 0 Å². The topological polar surface area (TPSA) is 78.1 Å². The highest BCUT2D eigenvalue weighted by Crippen LogP contribution is 2.19. The van der Waals surface area contributed by atoms with Crippen LogP contribution in [0.15, 0.2) is 36.4 Å². The van der Waals surface area contributed by atoms with Gasteiger partial charge in [0.1, 0.15) is 0 Å². The van der Waals surface area contributed by atoms with Crippen molar-refractivity contribution in [3.63, 3.8) is 0 Å². The van der Waals surface area contributed by atoms with Crippen molar-refractivity contribution in [2.45, 2.75) is 44.9 Å². The van der Waals surface area contributed by atoms with Gasteiger partial charge in [-0.15, -0.1) is 0 Å². The maximum atomic E-state index is 12.3. The quantitative estimate of drug-likeness (QED) is 0.726. The highest BCUT2D eigenvalue weighted by molar-refractivity contribution is 7.88. The van der Waals surface area contributed by atoms with Crippen molar-refractivity contribution in [2.75, 3.05) is 19.6 Å². The maximum absolute atomic E-state index is 12.3. The zero-order valence-corrected chi connectivity index (χ0v) is 17.0. The molecule has 2 N–H and O–H groups in total. The normalized spacial score (nSPS) is 18.9. The van der Waals surface area contributed by atoms with Gasteiger partial charge >= 0.3 is 0 Å². The van der Waals surface area contributed by atoms with E-state index in [1.165, 1.54) is 0 Å². The Bertz CT molecular complexity index is 818. The molecule has 148 valence electrons. The zero-order chi connectivity index (χ0) is 19.3. The molecule has 3 rings (SSSR count). The van der Waals surface area contributed by atoms with Crippen LogP contribution in [0.5, 0.6) is 0 Å². The molecule has 0 bridgehead atoms. The van der Waals surface area contributed by atoms with Crippen LogP contribution in [0.3, 0.4) is 0 Å². The van der Waals surface area contributed by atoms with Crippen LogP contribution in [0.25, 0.3) is 0 Å². The number of sulfonamides is 1. The summed E-state index contributed by atoms with van der Waals surface area (Å²) < 4.78 is 27.5. The first-order chi connectivity index (χ1) is 12.9. The van der Waals surface area contributed by atoms with Gasteiger partial charge in [0.15, 0.2) is 0 Å². The SMILES string of the molecule is CC(C)c1cc(CN2CCCC(CNS(=O)(=O)Cc3ccccc3)C2)[nH]n1. The van der Waals surface area contributed by atoms with Crippen molar-refractivity contribution in [3.8, 4) is 0 Å². The minimum absolute atomic E-state index is 0.0381. The Labute approximate surface area is 162 Å². The Morgan fingerprint density at radius 3 is 2.78 bits per heavy atom. The summed E-state index contributed by atoms with van der Waals surface area (Å²) in [5, 5.41) is 7.49. The summed E-state index contributed by atoms with van der Waals surface area (Å²) in [7, 11) is -3.30. The predicted octanol–water partition coefficient (Wildman–Crippen LogP) is 2.86. The van der Waals surface area contributed by atoms with Gasteiger partial charge in [-0.2, -0.15) is 5.10 Å². The maximum Gasteiger partial charge on any atom is 0.215 e. The van der Waals surface area contributed by atoms with Crippen molar-refractivity contribution in [2.24, 2.45) is 5.92 Å². The molecule has 7 heteroatoms. The highest BCUT2D eigenvalue weighted by atomic mass is 32.2. The Kier molecular flexibility index (Phi) is 6.68. The van der Waals surface area contributed by atoms with E-state index < -0.39 is 10.0 Å². The fraction of sp³-hybridized carbons (Fsp3) is 0.550. The fourth-order valence-electron chi connectivity index (χ4n) is 3.55. The molecule has 0 radical (unpaired) electrons. The molecule has 2 heterocycles. The highest BCUT2D eigenvalue weighted by Gasteiger charge is 2.22. The Morgan fingerprint density at radius 1 is 1.30 bits per heavy atom. The first-order valence-electron chi connectivity index (χ1n) is 9.69. The third-order valence-electron chi connectivity index (χ3n) is 5.03. The molecule has 1 unspecified atom stereocenters. The molecule has 27 heavy (non-hydrogen) atoms. The van der Waals surface area contributed by atoms with Crippen molar-refractivity contribution in [1.29, 1.82) is 0 Å². The second-order valence-electron chi connectivity index (χ2n) is 7.81. The molecule has 0 spiro atoms. The molecule has 0 amide bonds. The Morgan fingerprint density at radius 2 is 2.07 bits per heavy atom. The largest absolute Gasteiger partial charge is 0.297 e. The van der Waals surface area contributed by atoms with Gasteiger partial charge in [-0.1, -0.05) is 44.2 Å². The number of hydrogen-bond acceptors (Lipinski definition) is 4. The average Bonchev–Trinajstić information content (AvgIpc) is 3.10. The van der Waals surface area contributed by atoms with Gasteiger partial charge < -0.3 is 0 Å². The summed E-state index contributed by atoms with van der Waals surface area (Å²) in [4.78, 5) is 2.39. The molecule has 2 aromatic rings. The lowest BCUT2D eigenvalue weighted by Crippen LogP contribution is -2.40. The molecular formula is C20H30N4O2S. The lowest BCUT2D eigenvalue weighted by molar-refractivity contribution is 0.167. The number of likely N-dealkylation sites (tertiary alicyclic amines) is 1. The number of rotatable bonds is 8. The molecule has 6 nitrogen and oxygen atoms in total. The monoisotopic (exact) mass is 390 g/mol. The van der Waals surface area contributed by atoms with Crippen LogP contribution in [-0.2, 0) is 22.3 Å². The average molecular weight is 391 g/mol. The second kappa shape index (κ2) is 8.99. The van der Waals surface area contributed by atoms with E-state index in [0.717, 1.165) is 49.4 Å². The van der Waals surface area contributed by atoms with Crippen molar-refractivity contribution < 1.29 is 8.42 Å². The first-order valence-corrected chi connectivity index (χ1v) is 11.3. The van der Waals surface area contributed by atoms with Gasteiger partial charge in [0, 0.05) is 25.3 Å². The third kappa shape index (κ3) is 6.16. The van der Waals surface area contributed by atoms with Gasteiger partial charge in [0.25, 0.3) is 0 Å². The molecule has 1 saturated heterocycles. The van der Waals surface area contributed by atoms with Crippen molar-refractivity contribution in [3.05, 3.63) is 53.3 Å². The van der Waals surface area contributed by atoms with E-state index in [2.05, 4.69) is 39.7 Å². The number of aromatic nitrogens is 2. The van der Waals surface area contributed by atoms with E-state index in [-0.39, 0.29) is 5.75 Å². The number of nitrogens with one attached hydrogen (secondary N) is 2. The number of benzene rings is 1. The predicted molar refractivity (Wildman–Crippen MR) is 108 cm³/mol. The first kappa shape index (κ1) is 20.0. The lowest BCUT2D eigenvalue weighted by atomic mass is 9.98. The summed E-state index contributed by atoms with van der Waals surface area (Å²) >= 11 is 0. The summed E-state index contributed by atoms with van der Waals surface area (Å²) in [5.74, 6) is 0.802. The molecule has 1 fully saturated rings. The van der Waals surface area contributed by atoms with E-state index >= 15 is 0 Å². The number of hydrogen-bond donors (Lipinski definition) is 2. The molecule has 1 aromatic heterocycles. The zero-order valence-electron chi connectivity index (χ0n) is 16.2. The number of piperidine rings is 1. The smallest absolute Gasteiger partial charge is 0.215 e. The van der Waals surface area contributed by atoms with E-state index in [1.54, 1.807) is 0 Å². The standard InChI is InChI=1S/C20H30N4O2S/c1-16(2)20-11-19(22-23-20)14-24-10-6-9-18(13-24)12-21-27(25,26)15-17-7-4-3-5-8-17/h3-5,7-8,11,16,18,21H,6,9-10,12-15H2,1-2H3,(H,22,23). The fourth-order valence-corrected chi connectivity index (χ4v) is 4.77. The van der Waals surface area contributed by atoms with Gasteiger partial charge in [-0.3, -0.25) is 10.00 Å². The van der Waals surface area contributed by atoms with Crippen LogP contribution >= 0.6 is 0 Å². The number of aromatic amines is 1. The Hall–Kier alpha value is -1.70. The van der Waals surface area contributed by atoms with Gasteiger partial charge in [0.05, 0.1) is 11.4 Å². The van der Waals surface area contributed by atoms with Gasteiger partial charge in [0.2, 0.25) is 10.0 Å².